The molecule has 0 aliphatic carbocycles. The van der Waals surface area contributed by atoms with Gasteiger partial charge in [-0.15, -0.1) is 0 Å². The van der Waals surface area contributed by atoms with E-state index in [4.69, 9.17) is 11.5 Å². The van der Waals surface area contributed by atoms with E-state index in [0.29, 0.717) is 22.8 Å². The van der Waals surface area contributed by atoms with Crippen molar-refractivity contribution >= 4 is 28.3 Å². The summed E-state index contributed by atoms with van der Waals surface area (Å²) in [6.45, 7) is 5.96. The van der Waals surface area contributed by atoms with Crippen molar-refractivity contribution in [2.75, 3.05) is 11.1 Å². The zero-order chi connectivity index (χ0) is 23.3. The molecule has 0 aliphatic rings. The van der Waals surface area contributed by atoms with E-state index in [1.165, 1.54) is 17.5 Å². The number of primary amides is 1. The molecule has 0 bridgehead atoms. The number of nitrogen functional groups attached to an aromatic ring is 1. The van der Waals surface area contributed by atoms with Crippen molar-refractivity contribution < 1.29 is 9.18 Å². The molecule has 0 fully saturated rings. The zero-order valence-corrected chi connectivity index (χ0v) is 18.3. The summed E-state index contributed by atoms with van der Waals surface area (Å²) in [6.07, 6.45) is 1.81. The maximum atomic E-state index is 13.9. The van der Waals surface area contributed by atoms with Crippen LogP contribution < -0.4 is 16.8 Å². The van der Waals surface area contributed by atoms with Crippen LogP contribution in [0.3, 0.4) is 0 Å². The molecule has 32 heavy (non-hydrogen) atoms. The molecule has 2 aromatic carbocycles. The second-order valence-electron chi connectivity index (χ2n) is 8.26. The van der Waals surface area contributed by atoms with E-state index < -0.39 is 11.7 Å². The first-order valence-corrected chi connectivity index (χ1v) is 10.1. The first-order valence-electron chi connectivity index (χ1n) is 10.1. The molecule has 0 unspecified atom stereocenters. The van der Waals surface area contributed by atoms with Gasteiger partial charge in [-0.25, -0.2) is 9.37 Å². The number of pyridine rings is 2. The van der Waals surface area contributed by atoms with Crippen LogP contribution in [0.15, 0.2) is 72.9 Å². The van der Waals surface area contributed by atoms with Crippen LogP contribution in [-0.2, 0) is 0 Å². The summed E-state index contributed by atoms with van der Waals surface area (Å²) in [5, 5.41) is 4.40. The van der Waals surface area contributed by atoms with Gasteiger partial charge in [0.15, 0.2) is 0 Å². The average Bonchev–Trinajstić information content (AvgIpc) is 2.74. The molecule has 0 saturated heterocycles. The minimum Gasteiger partial charge on any atom is -0.396 e. The number of nitrogens with one attached hydrogen (secondary N) is 1. The summed E-state index contributed by atoms with van der Waals surface area (Å²) in [4.78, 5) is 19.7. The molecule has 1 amide bonds. The molecule has 7 heteroatoms. The molecule has 0 aliphatic heterocycles. The number of anilines is 2. The number of carbonyl (C=O) groups is 1. The third kappa shape index (κ3) is 5.78. The molecule has 0 radical (unpaired) electrons. The first kappa shape index (κ1) is 22.7. The van der Waals surface area contributed by atoms with Crippen molar-refractivity contribution in [1.29, 1.82) is 0 Å². The SMILES string of the molecule is CC(C)(C)Nc1nc(-c2ccc(C(N)=O)c(F)c2)ccc1N.c1ccc2ncccc2c1. The van der Waals surface area contributed by atoms with E-state index >= 15 is 0 Å². The number of carbonyl (C=O) groups excluding carboxylic acids is 1. The summed E-state index contributed by atoms with van der Waals surface area (Å²) >= 11 is 0. The molecule has 4 aromatic rings. The molecular weight excluding hydrogens is 405 g/mol. The summed E-state index contributed by atoms with van der Waals surface area (Å²) in [5.41, 5.74) is 13.3. The third-order valence-corrected chi connectivity index (χ3v) is 4.46. The highest BCUT2D eigenvalue weighted by Gasteiger charge is 2.15. The number of para-hydroxylation sites is 1. The van der Waals surface area contributed by atoms with Crippen LogP contribution in [0.1, 0.15) is 31.1 Å². The molecule has 5 N–H and O–H groups in total. The number of amides is 1. The van der Waals surface area contributed by atoms with E-state index in [2.05, 4.69) is 27.4 Å². The topological polar surface area (TPSA) is 107 Å². The van der Waals surface area contributed by atoms with E-state index in [9.17, 15) is 9.18 Å². The molecule has 6 nitrogen and oxygen atoms in total. The predicted molar refractivity (Wildman–Crippen MR) is 128 cm³/mol. The first-order chi connectivity index (χ1) is 15.1. The van der Waals surface area contributed by atoms with E-state index in [1.54, 1.807) is 18.2 Å². The van der Waals surface area contributed by atoms with Gasteiger partial charge in [0.25, 0.3) is 5.91 Å². The number of aromatic nitrogens is 2. The standard InChI is InChI=1S/C16H19FN4O.C9H7N/c1-16(2,3)21-15-12(18)6-7-13(20-15)9-4-5-10(14(19)22)11(17)8-9;1-2-6-9-8(4-1)5-3-7-10-9/h4-8H,18H2,1-3H3,(H2,19,22)(H,20,21);1-7H. The summed E-state index contributed by atoms with van der Waals surface area (Å²) in [6, 6.07) is 19.7. The summed E-state index contributed by atoms with van der Waals surface area (Å²) in [5.74, 6) is -0.942. The normalized spacial score (nSPS) is 10.9. The number of nitrogens with zero attached hydrogens (tertiary/aromatic N) is 2. The lowest BCUT2D eigenvalue weighted by molar-refractivity contribution is 0.0996. The quantitative estimate of drug-likeness (QED) is 0.422. The van der Waals surface area contributed by atoms with Gasteiger partial charge in [-0.2, -0.15) is 0 Å². The second kappa shape index (κ2) is 9.43. The van der Waals surface area contributed by atoms with Gasteiger partial charge >= 0.3 is 0 Å². The van der Waals surface area contributed by atoms with Crippen molar-refractivity contribution in [2.45, 2.75) is 26.3 Å². The lowest BCUT2D eigenvalue weighted by Crippen LogP contribution is -2.27. The number of benzene rings is 2. The Labute approximate surface area is 186 Å². The zero-order valence-electron chi connectivity index (χ0n) is 18.3. The fraction of sp³-hybridized carbons (Fsp3) is 0.160. The largest absolute Gasteiger partial charge is 0.396 e. The number of hydrogen-bond acceptors (Lipinski definition) is 5. The van der Waals surface area contributed by atoms with Crippen LogP contribution in [0.5, 0.6) is 0 Å². The van der Waals surface area contributed by atoms with Crippen LogP contribution in [-0.4, -0.2) is 21.4 Å². The Bertz CT molecular complexity index is 1190. The average molecular weight is 432 g/mol. The van der Waals surface area contributed by atoms with Gasteiger partial charge < -0.3 is 16.8 Å². The van der Waals surface area contributed by atoms with Crippen molar-refractivity contribution in [3.8, 4) is 11.3 Å². The van der Waals surface area contributed by atoms with Gasteiger partial charge in [-0.1, -0.05) is 30.3 Å². The van der Waals surface area contributed by atoms with Crippen molar-refractivity contribution in [2.24, 2.45) is 5.73 Å². The van der Waals surface area contributed by atoms with Crippen LogP contribution in [0.4, 0.5) is 15.9 Å². The minimum absolute atomic E-state index is 0.146. The smallest absolute Gasteiger partial charge is 0.251 e. The lowest BCUT2D eigenvalue weighted by atomic mass is 10.1. The lowest BCUT2D eigenvalue weighted by Gasteiger charge is -2.22. The highest BCUT2D eigenvalue weighted by molar-refractivity contribution is 5.93. The highest BCUT2D eigenvalue weighted by Crippen LogP contribution is 2.26. The molecule has 4 rings (SSSR count). The Morgan fingerprint density at radius 2 is 1.72 bits per heavy atom. The maximum absolute atomic E-state index is 13.9. The van der Waals surface area contributed by atoms with Crippen LogP contribution in [0.25, 0.3) is 22.2 Å². The highest BCUT2D eigenvalue weighted by atomic mass is 19.1. The number of fused-ring (bicyclic) bond motifs is 1. The van der Waals surface area contributed by atoms with Gasteiger partial charge in [0.05, 0.1) is 22.5 Å². The Morgan fingerprint density at radius 1 is 1.00 bits per heavy atom. The molecular formula is C25H26FN5O. The monoisotopic (exact) mass is 431 g/mol. The van der Waals surface area contributed by atoms with E-state index in [-0.39, 0.29) is 11.1 Å². The van der Waals surface area contributed by atoms with Crippen LogP contribution in [0.2, 0.25) is 0 Å². The number of halogens is 1. The third-order valence-electron chi connectivity index (χ3n) is 4.46. The van der Waals surface area contributed by atoms with E-state index in [0.717, 1.165) is 5.52 Å². The number of nitrogens with two attached hydrogens (primary N) is 2. The van der Waals surface area contributed by atoms with Gasteiger partial charge in [0.2, 0.25) is 0 Å². The molecule has 2 aromatic heterocycles. The van der Waals surface area contributed by atoms with Gasteiger partial charge in [0, 0.05) is 22.7 Å². The molecule has 164 valence electrons. The summed E-state index contributed by atoms with van der Waals surface area (Å²) in [7, 11) is 0. The number of rotatable bonds is 3. The summed E-state index contributed by atoms with van der Waals surface area (Å²) < 4.78 is 13.9. The molecule has 2 heterocycles. The molecule has 0 atom stereocenters. The van der Waals surface area contributed by atoms with Crippen molar-refractivity contribution in [3.05, 3.63) is 84.3 Å². The molecule has 0 spiro atoms. The minimum atomic E-state index is -0.801. The van der Waals surface area contributed by atoms with E-state index in [1.807, 2.05) is 51.2 Å². The Balaban J connectivity index is 0.000000238. The van der Waals surface area contributed by atoms with Crippen molar-refractivity contribution in [1.82, 2.24) is 9.97 Å². The fourth-order valence-electron chi connectivity index (χ4n) is 2.98. The Hall–Kier alpha value is -4.00. The van der Waals surface area contributed by atoms with Gasteiger partial charge in [-0.05, 0) is 57.2 Å². The molecule has 0 saturated carbocycles. The second-order valence-corrected chi connectivity index (χ2v) is 8.26. The van der Waals surface area contributed by atoms with Crippen LogP contribution >= 0.6 is 0 Å². The predicted octanol–water partition coefficient (Wildman–Crippen LogP) is 5.01. The Morgan fingerprint density at radius 3 is 2.38 bits per heavy atom. The maximum Gasteiger partial charge on any atom is 0.251 e. The van der Waals surface area contributed by atoms with Gasteiger partial charge in [0.1, 0.15) is 11.6 Å². The Kier molecular flexibility index (Phi) is 6.68. The van der Waals surface area contributed by atoms with Crippen LogP contribution in [0, 0.1) is 5.82 Å². The van der Waals surface area contributed by atoms with Gasteiger partial charge in [-0.3, -0.25) is 9.78 Å². The van der Waals surface area contributed by atoms with Crippen molar-refractivity contribution in [3.63, 3.8) is 0 Å². The fourth-order valence-corrected chi connectivity index (χ4v) is 2.98. The number of hydrogen-bond donors (Lipinski definition) is 3.